The zero-order valence-electron chi connectivity index (χ0n) is 10.9. The summed E-state index contributed by atoms with van der Waals surface area (Å²) in [5, 5.41) is 0.415. The van der Waals surface area contributed by atoms with Crippen molar-refractivity contribution in [1.82, 2.24) is 4.98 Å². The SMILES string of the molecule is Cc1cc(C)cc(CC(=O)c2cc(Cl)cnc2N)c1. The summed E-state index contributed by atoms with van der Waals surface area (Å²) in [5.74, 6) is 0.149. The van der Waals surface area contributed by atoms with Crippen molar-refractivity contribution in [2.75, 3.05) is 5.73 Å². The summed E-state index contributed by atoms with van der Waals surface area (Å²) >= 11 is 5.84. The molecule has 0 saturated heterocycles. The largest absolute Gasteiger partial charge is 0.383 e. The van der Waals surface area contributed by atoms with Gasteiger partial charge < -0.3 is 5.73 Å². The second-order valence-electron chi connectivity index (χ2n) is 4.68. The first kappa shape index (κ1) is 13.6. The van der Waals surface area contributed by atoms with Gasteiger partial charge in [0.05, 0.1) is 10.6 Å². The molecule has 0 radical (unpaired) electrons. The molecule has 0 spiro atoms. The molecule has 0 fully saturated rings. The standard InChI is InChI=1S/C15H15ClN2O/c1-9-3-10(2)5-11(4-9)6-14(19)13-7-12(16)8-18-15(13)17/h3-5,7-8H,6H2,1-2H3,(H2,17,18). The summed E-state index contributed by atoms with van der Waals surface area (Å²) in [6, 6.07) is 7.64. The maximum atomic E-state index is 12.2. The van der Waals surface area contributed by atoms with Crippen LogP contribution in [0.25, 0.3) is 0 Å². The lowest BCUT2D eigenvalue weighted by atomic mass is 10.00. The van der Waals surface area contributed by atoms with E-state index in [-0.39, 0.29) is 11.6 Å². The molecule has 2 rings (SSSR count). The van der Waals surface area contributed by atoms with E-state index < -0.39 is 0 Å². The number of halogens is 1. The predicted molar refractivity (Wildman–Crippen MR) is 77.6 cm³/mol. The molecule has 19 heavy (non-hydrogen) atoms. The van der Waals surface area contributed by atoms with E-state index in [9.17, 15) is 4.79 Å². The number of ketones is 1. The van der Waals surface area contributed by atoms with E-state index in [1.165, 1.54) is 6.20 Å². The zero-order chi connectivity index (χ0) is 14.0. The Hall–Kier alpha value is -1.87. The summed E-state index contributed by atoms with van der Waals surface area (Å²) in [6.07, 6.45) is 1.74. The monoisotopic (exact) mass is 274 g/mol. The molecule has 0 aliphatic carbocycles. The van der Waals surface area contributed by atoms with Gasteiger partial charge in [-0.1, -0.05) is 40.9 Å². The molecule has 98 valence electrons. The fourth-order valence-corrected chi connectivity index (χ4v) is 2.28. The molecule has 2 N–H and O–H groups in total. The van der Waals surface area contributed by atoms with Gasteiger partial charge in [0.25, 0.3) is 0 Å². The third-order valence-corrected chi connectivity index (χ3v) is 3.04. The number of pyridine rings is 1. The number of hydrogen-bond acceptors (Lipinski definition) is 3. The van der Waals surface area contributed by atoms with Crippen molar-refractivity contribution in [1.29, 1.82) is 0 Å². The van der Waals surface area contributed by atoms with Crippen LogP contribution in [0.4, 0.5) is 5.82 Å². The van der Waals surface area contributed by atoms with Gasteiger partial charge in [0.2, 0.25) is 0 Å². The molecule has 0 aliphatic heterocycles. The van der Waals surface area contributed by atoms with Crippen LogP contribution in [-0.2, 0) is 6.42 Å². The number of carbonyl (C=O) groups is 1. The predicted octanol–water partition coefficient (Wildman–Crippen LogP) is 3.36. The van der Waals surface area contributed by atoms with Crippen molar-refractivity contribution in [3.8, 4) is 0 Å². The summed E-state index contributed by atoms with van der Waals surface area (Å²) in [4.78, 5) is 16.1. The molecule has 0 atom stereocenters. The number of hydrogen-bond donors (Lipinski definition) is 1. The average Bonchev–Trinajstić information content (AvgIpc) is 2.30. The van der Waals surface area contributed by atoms with E-state index in [1.54, 1.807) is 6.07 Å². The van der Waals surface area contributed by atoms with Crippen LogP contribution >= 0.6 is 11.6 Å². The Labute approximate surface area is 117 Å². The van der Waals surface area contributed by atoms with Gasteiger partial charge in [0.15, 0.2) is 5.78 Å². The van der Waals surface area contributed by atoms with E-state index in [1.807, 2.05) is 26.0 Å². The number of nitrogen functional groups attached to an aromatic ring is 1. The second kappa shape index (κ2) is 5.41. The van der Waals surface area contributed by atoms with Crippen LogP contribution in [0, 0.1) is 13.8 Å². The summed E-state index contributed by atoms with van der Waals surface area (Å²) in [7, 11) is 0. The maximum Gasteiger partial charge on any atom is 0.170 e. The lowest BCUT2D eigenvalue weighted by Crippen LogP contribution is -2.08. The molecule has 3 nitrogen and oxygen atoms in total. The number of rotatable bonds is 3. The third kappa shape index (κ3) is 3.32. The number of aromatic nitrogens is 1. The summed E-state index contributed by atoms with van der Waals surface area (Å²) < 4.78 is 0. The highest BCUT2D eigenvalue weighted by Gasteiger charge is 2.12. The first-order valence-electron chi connectivity index (χ1n) is 5.97. The molecule has 4 heteroatoms. The van der Waals surface area contributed by atoms with Crippen molar-refractivity contribution >= 4 is 23.2 Å². The van der Waals surface area contributed by atoms with Gasteiger partial charge in [-0.3, -0.25) is 4.79 Å². The van der Waals surface area contributed by atoms with Gasteiger partial charge in [0, 0.05) is 12.6 Å². The smallest absolute Gasteiger partial charge is 0.170 e. The topological polar surface area (TPSA) is 56.0 Å². The van der Waals surface area contributed by atoms with Crippen molar-refractivity contribution in [3.05, 3.63) is 57.7 Å². The van der Waals surface area contributed by atoms with E-state index in [2.05, 4.69) is 11.1 Å². The molecular weight excluding hydrogens is 260 g/mol. The summed E-state index contributed by atoms with van der Waals surface area (Å²) in [6.45, 7) is 4.02. The Morgan fingerprint density at radius 2 is 1.84 bits per heavy atom. The van der Waals surface area contributed by atoms with Crippen LogP contribution in [0.5, 0.6) is 0 Å². The van der Waals surface area contributed by atoms with Crippen LogP contribution in [0.1, 0.15) is 27.0 Å². The van der Waals surface area contributed by atoms with Gasteiger partial charge in [0.1, 0.15) is 5.82 Å². The fourth-order valence-electron chi connectivity index (χ4n) is 2.12. The summed E-state index contributed by atoms with van der Waals surface area (Å²) in [5.41, 5.74) is 9.35. The van der Waals surface area contributed by atoms with Crippen LogP contribution in [0.15, 0.2) is 30.5 Å². The van der Waals surface area contributed by atoms with Crippen molar-refractivity contribution in [2.45, 2.75) is 20.3 Å². The minimum Gasteiger partial charge on any atom is -0.383 e. The molecule has 0 aliphatic rings. The van der Waals surface area contributed by atoms with Crippen LogP contribution < -0.4 is 5.73 Å². The quantitative estimate of drug-likeness (QED) is 0.873. The third-order valence-electron chi connectivity index (χ3n) is 2.83. The number of benzene rings is 1. The van der Waals surface area contributed by atoms with Crippen molar-refractivity contribution in [3.63, 3.8) is 0 Å². The Morgan fingerprint density at radius 3 is 2.47 bits per heavy atom. The minimum absolute atomic E-state index is 0.0718. The number of nitrogens with zero attached hydrogens (tertiary/aromatic N) is 1. The minimum atomic E-state index is -0.0718. The van der Waals surface area contributed by atoms with Crippen LogP contribution in [-0.4, -0.2) is 10.8 Å². The lowest BCUT2D eigenvalue weighted by Gasteiger charge is -2.06. The van der Waals surface area contributed by atoms with Crippen LogP contribution in [0.2, 0.25) is 5.02 Å². The van der Waals surface area contributed by atoms with E-state index in [0.29, 0.717) is 17.0 Å². The van der Waals surface area contributed by atoms with Gasteiger partial charge in [-0.25, -0.2) is 4.98 Å². The van der Waals surface area contributed by atoms with Crippen molar-refractivity contribution < 1.29 is 4.79 Å². The second-order valence-corrected chi connectivity index (χ2v) is 5.12. The maximum absolute atomic E-state index is 12.2. The molecule has 0 unspecified atom stereocenters. The van der Waals surface area contributed by atoms with Gasteiger partial charge in [-0.05, 0) is 25.5 Å². The Bertz CT molecular complexity index is 618. The van der Waals surface area contributed by atoms with Gasteiger partial charge >= 0.3 is 0 Å². The average molecular weight is 275 g/mol. The number of nitrogens with two attached hydrogens (primary N) is 1. The molecule has 0 amide bonds. The number of aryl methyl sites for hydroxylation is 2. The Morgan fingerprint density at radius 1 is 1.21 bits per heavy atom. The molecule has 1 heterocycles. The first-order chi connectivity index (χ1) is 8.95. The van der Waals surface area contributed by atoms with Gasteiger partial charge in [-0.15, -0.1) is 0 Å². The zero-order valence-corrected chi connectivity index (χ0v) is 11.7. The van der Waals surface area contributed by atoms with E-state index in [0.717, 1.165) is 16.7 Å². The Balaban J connectivity index is 2.28. The molecular formula is C15H15ClN2O. The molecule has 0 saturated carbocycles. The molecule has 2 aromatic rings. The lowest BCUT2D eigenvalue weighted by molar-refractivity contribution is 0.0993. The number of carbonyl (C=O) groups excluding carboxylic acids is 1. The molecule has 1 aromatic carbocycles. The van der Waals surface area contributed by atoms with Crippen LogP contribution in [0.3, 0.4) is 0 Å². The number of Topliss-reactive ketones (excluding diaryl/α,β-unsaturated/α-hetero) is 1. The molecule has 1 aromatic heterocycles. The van der Waals surface area contributed by atoms with Crippen molar-refractivity contribution in [2.24, 2.45) is 0 Å². The number of anilines is 1. The normalized spacial score (nSPS) is 10.5. The highest BCUT2D eigenvalue weighted by molar-refractivity contribution is 6.31. The van der Waals surface area contributed by atoms with E-state index in [4.69, 9.17) is 17.3 Å². The highest BCUT2D eigenvalue weighted by Crippen LogP contribution is 2.18. The fraction of sp³-hybridized carbons (Fsp3) is 0.200. The highest BCUT2D eigenvalue weighted by atomic mass is 35.5. The Kier molecular flexibility index (Phi) is 3.86. The van der Waals surface area contributed by atoms with E-state index >= 15 is 0 Å². The first-order valence-corrected chi connectivity index (χ1v) is 6.35. The molecule has 0 bridgehead atoms. The van der Waals surface area contributed by atoms with Gasteiger partial charge in [-0.2, -0.15) is 0 Å².